The molecule has 1 heterocycles. The Hall–Kier alpha value is -1.36. The van der Waals surface area contributed by atoms with Crippen molar-refractivity contribution < 1.29 is 4.79 Å². The summed E-state index contributed by atoms with van der Waals surface area (Å²) in [5.41, 5.74) is 0.969. The number of H-pyrrole nitrogens is 1. The number of aromatic amines is 1. The quantitative estimate of drug-likeness (QED) is 0.595. The number of carbonyl (C=O) groups is 1. The van der Waals surface area contributed by atoms with Crippen molar-refractivity contribution in [2.75, 3.05) is 7.05 Å². The first-order chi connectivity index (χ1) is 6.24. The fourth-order valence-electron chi connectivity index (χ4n) is 0.848. The number of amides is 1. The second-order valence-corrected chi connectivity index (χ2v) is 2.83. The summed E-state index contributed by atoms with van der Waals surface area (Å²) in [5.74, 6) is -0.0105. The molecule has 0 aliphatic carbocycles. The van der Waals surface area contributed by atoms with E-state index in [9.17, 15) is 4.79 Å². The number of aromatic nitrogens is 2. The molecule has 3 N–H and O–H groups in total. The Labute approximate surface area is 76.9 Å². The molecule has 0 saturated carbocycles. The molecule has 1 amide bonds. The molecule has 0 fully saturated rings. The number of nitrogens with one attached hydrogen (secondary N) is 3. The smallest absolute Gasteiger partial charge is 0.237 e. The van der Waals surface area contributed by atoms with Crippen molar-refractivity contribution in [3.8, 4) is 0 Å². The van der Waals surface area contributed by atoms with Crippen molar-refractivity contribution in [1.82, 2.24) is 20.8 Å². The van der Waals surface area contributed by atoms with Crippen LogP contribution in [-0.4, -0.2) is 29.2 Å². The molecule has 0 radical (unpaired) electrons. The molecular formula is C8H14N4O. The Morgan fingerprint density at radius 1 is 1.77 bits per heavy atom. The third-order valence-corrected chi connectivity index (χ3v) is 1.85. The first kappa shape index (κ1) is 9.73. The maximum atomic E-state index is 11.3. The predicted octanol–water partition coefficient (Wildman–Crippen LogP) is -0.366. The summed E-state index contributed by atoms with van der Waals surface area (Å²) >= 11 is 0. The molecule has 1 rings (SSSR count). The van der Waals surface area contributed by atoms with Crippen LogP contribution in [-0.2, 0) is 11.3 Å². The van der Waals surface area contributed by atoms with Gasteiger partial charge in [-0.1, -0.05) is 0 Å². The molecule has 0 aromatic carbocycles. The second-order valence-electron chi connectivity index (χ2n) is 2.83. The van der Waals surface area contributed by atoms with Gasteiger partial charge in [-0.3, -0.25) is 9.89 Å². The van der Waals surface area contributed by atoms with E-state index < -0.39 is 0 Å². The molecule has 0 bridgehead atoms. The molecule has 0 spiro atoms. The molecule has 13 heavy (non-hydrogen) atoms. The standard InChI is InChI=1S/C8H14N4O/c1-6(9-2)8(13)10-3-7-4-11-12-5-7/h4-6,9H,3H2,1-2H3,(H,10,13)(H,11,12). The molecule has 5 nitrogen and oxygen atoms in total. The third-order valence-electron chi connectivity index (χ3n) is 1.85. The van der Waals surface area contributed by atoms with Gasteiger partial charge in [-0.05, 0) is 14.0 Å². The Bertz CT molecular complexity index is 257. The lowest BCUT2D eigenvalue weighted by Gasteiger charge is -2.09. The van der Waals surface area contributed by atoms with Crippen LogP contribution in [0.2, 0.25) is 0 Å². The van der Waals surface area contributed by atoms with Gasteiger partial charge in [-0.2, -0.15) is 5.10 Å². The topological polar surface area (TPSA) is 69.8 Å². The van der Waals surface area contributed by atoms with Crippen molar-refractivity contribution >= 4 is 5.91 Å². The summed E-state index contributed by atoms with van der Waals surface area (Å²) in [5, 5.41) is 12.1. The maximum absolute atomic E-state index is 11.3. The molecule has 1 unspecified atom stereocenters. The van der Waals surface area contributed by atoms with Crippen LogP contribution >= 0.6 is 0 Å². The lowest BCUT2D eigenvalue weighted by molar-refractivity contribution is -0.122. The van der Waals surface area contributed by atoms with Crippen molar-refractivity contribution in [2.45, 2.75) is 19.5 Å². The number of nitrogens with zero attached hydrogens (tertiary/aromatic N) is 1. The van der Waals surface area contributed by atoms with Crippen molar-refractivity contribution in [2.24, 2.45) is 0 Å². The molecule has 1 aromatic rings. The molecule has 1 atom stereocenters. The molecule has 1 aromatic heterocycles. The number of carbonyl (C=O) groups excluding carboxylic acids is 1. The first-order valence-corrected chi connectivity index (χ1v) is 4.16. The first-order valence-electron chi connectivity index (χ1n) is 4.16. The van der Waals surface area contributed by atoms with E-state index in [2.05, 4.69) is 20.8 Å². The highest BCUT2D eigenvalue weighted by Gasteiger charge is 2.08. The van der Waals surface area contributed by atoms with Gasteiger partial charge in [0.2, 0.25) is 5.91 Å². The van der Waals surface area contributed by atoms with E-state index in [1.54, 1.807) is 19.4 Å². The Balaban J connectivity index is 2.31. The van der Waals surface area contributed by atoms with E-state index in [0.717, 1.165) is 5.56 Å². The van der Waals surface area contributed by atoms with E-state index in [1.807, 2.05) is 6.92 Å². The average Bonchev–Trinajstić information content (AvgIpc) is 2.65. The van der Waals surface area contributed by atoms with E-state index in [-0.39, 0.29) is 11.9 Å². The van der Waals surface area contributed by atoms with Gasteiger partial charge in [0.15, 0.2) is 0 Å². The fraction of sp³-hybridized carbons (Fsp3) is 0.500. The molecule has 72 valence electrons. The van der Waals surface area contributed by atoms with Crippen LogP contribution in [0.1, 0.15) is 12.5 Å². The highest BCUT2D eigenvalue weighted by molar-refractivity contribution is 5.81. The Morgan fingerprint density at radius 2 is 2.54 bits per heavy atom. The van der Waals surface area contributed by atoms with Gasteiger partial charge in [0.1, 0.15) is 0 Å². The van der Waals surface area contributed by atoms with Gasteiger partial charge in [0, 0.05) is 18.3 Å². The highest BCUT2D eigenvalue weighted by atomic mass is 16.2. The van der Waals surface area contributed by atoms with Crippen LogP contribution in [0.3, 0.4) is 0 Å². The minimum atomic E-state index is -0.160. The van der Waals surface area contributed by atoms with E-state index in [0.29, 0.717) is 6.54 Å². The summed E-state index contributed by atoms with van der Waals surface area (Å²) in [6, 6.07) is -0.160. The molecule has 0 aliphatic heterocycles. The highest BCUT2D eigenvalue weighted by Crippen LogP contribution is 1.92. The van der Waals surface area contributed by atoms with Crippen LogP contribution in [0.25, 0.3) is 0 Å². The monoisotopic (exact) mass is 182 g/mol. The minimum Gasteiger partial charge on any atom is -0.351 e. The minimum absolute atomic E-state index is 0.0105. The van der Waals surface area contributed by atoms with Gasteiger partial charge in [0.05, 0.1) is 12.2 Å². The second kappa shape index (κ2) is 4.61. The van der Waals surface area contributed by atoms with Crippen LogP contribution in [0.15, 0.2) is 12.4 Å². The summed E-state index contributed by atoms with van der Waals surface area (Å²) in [7, 11) is 1.75. The normalized spacial score (nSPS) is 12.5. The summed E-state index contributed by atoms with van der Waals surface area (Å²) in [6.07, 6.45) is 3.44. The van der Waals surface area contributed by atoms with Gasteiger partial charge >= 0.3 is 0 Å². The molecule has 5 heteroatoms. The van der Waals surface area contributed by atoms with Crippen LogP contribution in [0.4, 0.5) is 0 Å². The van der Waals surface area contributed by atoms with E-state index >= 15 is 0 Å². The van der Waals surface area contributed by atoms with Crippen LogP contribution in [0.5, 0.6) is 0 Å². The van der Waals surface area contributed by atoms with E-state index in [1.165, 1.54) is 0 Å². The van der Waals surface area contributed by atoms with Crippen LogP contribution < -0.4 is 10.6 Å². The largest absolute Gasteiger partial charge is 0.351 e. The van der Waals surface area contributed by atoms with E-state index in [4.69, 9.17) is 0 Å². The zero-order valence-corrected chi connectivity index (χ0v) is 7.79. The number of rotatable bonds is 4. The average molecular weight is 182 g/mol. The summed E-state index contributed by atoms with van der Waals surface area (Å²) < 4.78 is 0. The van der Waals surface area contributed by atoms with Crippen molar-refractivity contribution in [3.63, 3.8) is 0 Å². The maximum Gasteiger partial charge on any atom is 0.237 e. The lowest BCUT2D eigenvalue weighted by Crippen LogP contribution is -2.39. The Kier molecular flexibility index (Phi) is 3.45. The summed E-state index contributed by atoms with van der Waals surface area (Å²) in [4.78, 5) is 11.3. The number of likely N-dealkylation sites (N-methyl/N-ethyl adjacent to an activating group) is 1. The predicted molar refractivity (Wildman–Crippen MR) is 49.0 cm³/mol. The van der Waals surface area contributed by atoms with Gasteiger partial charge in [0.25, 0.3) is 0 Å². The Morgan fingerprint density at radius 3 is 3.08 bits per heavy atom. The lowest BCUT2D eigenvalue weighted by atomic mass is 10.3. The van der Waals surface area contributed by atoms with Crippen LogP contribution in [0, 0.1) is 0 Å². The zero-order valence-electron chi connectivity index (χ0n) is 7.79. The van der Waals surface area contributed by atoms with Gasteiger partial charge in [-0.25, -0.2) is 0 Å². The SMILES string of the molecule is CNC(C)C(=O)NCc1cn[nH]c1. The molecule has 0 aliphatic rings. The summed E-state index contributed by atoms with van der Waals surface area (Å²) in [6.45, 7) is 2.33. The molecule has 0 saturated heterocycles. The van der Waals surface area contributed by atoms with Gasteiger partial charge < -0.3 is 10.6 Å². The van der Waals surface area contributed by atoms with Gasteiger partial charge in [-0.15, -0.1) is 0 Å². The third kappa shape index (κ3) is 2.87. The number of hydrogen-bond acceptors (Lipinski definition) is 3. The molecular weight excluding hydrogens is 168 g/mol. The fourth-order valence-corrected chi connectivity index (χ4v) is 0.848. The zero-order chi connectivity index (χ0) is 9.68. The number of hydrogen-bond donors (Lipinski definition) is 3. The van der Waals surface area contributed by atoms with Crippen molar-refractivity contribution in [3.05, 3.63) is 18.0 Å². The van der Waals surface area contributed by atoms with Crippen molar-refractivity contribution in [1.29, 1.82) is 0 Å².